The summed E-state index contributed by atoms with van der Waals surface area (Å²) in [5.41, 5.74) is 3.17. The third-order valence-electron chi connectivity index (χ3n) is 5.89. The predicted octanol–water partition coefficient (Wildman–Crippen LogP) is 5.12. The van der Waals surface area contributed by atoms with Crippen LogP contribution in [-0.4, -0.2) is 56.8 Å². The molecule has 3 rings (SSSR count). The van der Waals surface area contributed by atoms with Crippen molar-refractivity contribution < 1.29 is 14.3 Å². The lowest BCUT2D eigenvalue weighted by atomic mass is 10.0. The molecule has 33 heavy (non-hydrogen) atoms. The van der Waals surface area contributed by atoms with Crippen molar-refractivity contribution in [3.63, 3.8) is 0 Å². The first-order valence-electron chi connectivity index (χ1n) is 12.2. The first kappa shape index (κ1) is 26.9. The van der Waals surface area contributed by atoms with Gasteiger partial charge in [-0.25, -0.2) is 0 Å². The number of rotatable bonds is 10. The van der Waals surface area contributed by atoms with Gasteiger partial charge in [-0.2, -0.15) is 0 Å². The smallest absolute Gasteiger partial charge is 0.254 e. The van der Waals surface area contributed by atoms with Crippen LogP contribution in [0.3, 0.4) is 0 Å². The number of hydrogen-bond acceptors (Lipinski definition) is 4. The molecule has 2 aromatic carbocycles. The van der Waals surface area contributed by atoms with E-state index in [1.165, 1.54) is 5.56 Å². The minimum absolute atomic E-state index is 0.0938. The summed E-state index contributed by atoms with van der Waals surface area (Å²) in [6.45, 7) is 12.5. The second-order valence-corrected chi connectivity index (χ2v) is 8.94. The Hall–Kier alpha value is -2.37. The van der Waals surface area contributed by atoms with Crippen molar-refractivity contribution in [1.82, 2.24) is 10.2 Å². The minimum atomic E-state index is 0.0938. The van der Waals surface area contributed by atoms with Gasteiger partial charge in [-0.3, -0.25) is 4.79 Å². The molecule has 1 fully saturated rings. The number of methoxy groups -OCH3 is 1. The summed E-state index contributed by atoms with van der Waals surface area (Å²) in [5, 5.41) is 3.38. The van der Waals surface area contributed by atoms with Gasteiger partial charge in [0.25, 0.3) is 5.91 Å². The van der Waals surface area contributed by atoms with E-state index in [2.05, 4.69) is 45.1 Å². The molecular weight excluding hydrogens is 412 g/mol. The van der Waals surface area contributed by atoms with Crippen LogP contribution in [0.5, 0.6) is 5.75 Å². The molecule has 0 saturated carbocycles. The average molecular weight is 455 g/mol. The lowest BCUT2D eigenvalue weighted by molar-refractivity contribution is 0.0676. The summed E-state index contributed by atoms with van der Waals surface area (Å²) in [4.78, 5) is 15.1. The number of ether oxygens (including phenoxy) is 2. The molecule has 1 aliphatic heterocycles. The summed E-state index contributed by atoms with van der Waals surface area (Å²) < 4.78 is 11.0. The number of aryl methyl sites for hydroxylation is 2. The van der Waals surface area contributed by atoms with E-state index in [9.17, 15) is 4.79 Å². The molecule has 0 radical (unpaired) electrons. The van der Waals surface area contributed by atoms with Crippen LogP contribution in [0.15, 0.2) is 48.5 Å². The molecule has 0 aliphatic carbocycles. The quantitative estimate of drug-likeness (QED) is 0.506. The zero-order chi connectivity index (χ0) is 24.1. The van der Waals surface area contributed by atoms with Crippen LogP contribution in [-0.2, 0) is 11.2 Å². The summed E-state index contributed by atoms with van der Waals surface area (Å²) in [6, 6.07) is 16.3. The number of carbonyl (C=O) groups excluding carboxylic acids is 1. The van der Waals surface area contributed by atoms with Crippen LogP contribution in [0, 0.1) is 12.8 Å². The lowest BCUT2D eigenvalue weighted by Crippen LogP contribution is -2.41. The Morgan fingerprint density at radius 3 is 2.45 bits per heavy atom. The van der Waals surface area contributed by atoms with Crippen LogP contribution < -0.4 is 10.1 Å². The molecule has 1 saturated heterocycles. The van der Waals surface area contributed by atoms with E-state index in [0.29, 0.717) is 24.7 Å². The molecule has 1 heterocycles. The molecule has 2 aromatic rings. The van der Waals surface area contributed by atoms with E-state index in [1.807, 2.05) is 41.3 Å². The van der Waals surface area contributed by atoms with Gasteiger partial charge in [0.05, 0.1) is 6.61 Å². The topological polar surface area (TPSA) is 50.8 Å². The van der Waals surface area contributed by atoms with Crippen molar-refractivity contribution in [3.05, 3.63) is 65.2 Å². The Morgan fingerprint density at radius 1 is 1.15 bits per heavy atom. The van der Waals surface area contributed by atoms with Crippen LogP contribution >= 0.6 is 0 Å². The Balaban J connectivity index is 0.000000468. The van der Waals surface area contributed by atoms with Gasteiger partial charge >= 0.3 is 0 Å². The Kier molecular flexibility index (Phi) is 12.0. The molecule has 5 nitrogen and oxygen atoms in total. The van der Waals surface area contributed by atoms with Crippen molar-refractivity contribution >= 4 is 5.91 Å². The molecule has 1 N–H and O–H groups in total. The number of nitrogens with zero attached hydrogens (tertiary/aromatic N) is 1. The fourth-order valence-electron chi connectivity index (χ4n) is 3.88. The highest BCUT2D eigenvalue weighted by atomic mass is 16.5. The maximum atomic E-state index is 13.1. The zero-order valence-electron chi connectivity index (χ0n) is 21.1. The Bertz CT molecular complexity index is 817. The van der Waals surface area contributed by atoms with Crippen molar-refractivity contribution in [2.75, 3.05) is 40.0 Å². The van der Waals surface area contributed by atoms with E-state index in [-0.39, 0.29) is 11.9 Å². The van der Waals surface area contributed by atoms with Crippen molar-refractivity contribution in [1.29, 1.82) is 0 Å². The number of benzene rings is 2. The Morgan fingerprint density at radius 2 is 1.91 bits per heavy atom. The number of carbonyl (C=O) groups is 1. The monoisotopic (exact) mass is 454 g/mol. The van der Waals surface area contributed by atoms with Crippen LogP contribution in [0.25, 0.3) is 0 Å². The second-order valence-electron chi connectivity index (χ2n) is 8.94. The third-order valence-corrected chi connectivity index (χ3v) is 5.89. The standard InChI is InChI=1S/C21H34N2O3.C7H8/c1-5-18-7-8-19(13-20(18)26-12-6-11-25-4)21(24)23(16(2)3)15-17-9-10-22-14-17;1-7-5-3-2-4-6-7/h7-8,13,16-17,22H,5-6,9-12,14-15H2,1-4H3;2-6H,1H3. The first-order chi connectivity index (χ1) is 16.0. The first-order valence-corrected chi connectivity index (χ1v) is 12.2. The Labute approximate surface area is 200 Å². The van der Waals surface area contributed by atoms with Gasteiger partial charge in [0, 0.05) is 38.3 Å². The summed E-state index contributed by atoms with van der Waals surface area (Å²) in [7, 11) is 1.69. The molecule has 1 amide bonds. The van der Waals surface area contributed by atoms with Crippen LogP contribution in [0.4, 0.5) is 0 Å². The SMILES string of the molecule is CCc1ccc(C(=O)N(CC2CCNC2)C(C)C)cc1OCCCOC.Cc1ccccc1. The lowest BCUT2D eigenvalue weighted by Gasteiger charge is -2.29. The fraction of sp³-hybridized carbons (Fsp3) is 0.536. The van der Waals surface area contributed by atoms with Gasteiger partial charge in [-0.1, -0.05) is 48.9 Å². The molecule has 0 aromatic heterocycles. The van der Waals surface area contributed by atoms with E-state index in [1.54, 1.807) is 7.11 Å². The molecule has 1 unspecified atom stereocenters. The van der Waals surface area contributed by atoms with Gasteiger partial charge in [0.2, 0.25) is 0 Å². The summed E-state index contributed by atoms with van der Waals surface area (Å²) >= 11 is 0. The van der Waals surface area contributed by atoms with Gasteiger partial charge in [-0.15, -0.1) is 0 Å². The van der Waals surface area contributed by atoms with E-state index in [4.69, 9.17) is 9.47 Å². The molecule has 0 bridgehead atoms. The van der Waals surface area contributed by atoms with E-state index < -0.39 is 0 Å². The highest BCUT2D eigenvalue weighted by molar-refractivity contribution is 5.95. The average Bonchev–Trinajstić information content (AvgIpc) is 3.34. The zero-order valence-corrected chi connectivity index (χ0v) is 21.1. The largest absolute Gasteiger partial charge is 0.493 e. The second kappa shape index (κ2) is 14.7. The van der Waals surface area contributed by atoms with Crippen molar-refractivity contribution in [2.24, 2.45) is 5.92 Å². The van der Waals surface area contributed by atoms with Crippen molar-refractivity contribution in [2.45, 2.75) is 53.0 Å². The molecule has 1 atom stereocenters. The maximum Gasteiger partial charge on any atom is 0.254 e. The number of nitrogens with one attached hydrogen (secondary N) is 1. The normalized spacial score (nSPS) is 15.2. The predicted molar refractivity (Wildman–Crippen MR) is 136 cm³/mol. The fourth-order valence-corrected chi connectivity index (χ4v) is 3.88. The molecule has 182 valence electrons. The van der Waals surface area contributed by atoms with Crippen LogP contribution in [0.1, 0.15) is 55.1 Å². The molecule has 1 aliphatic rings. The van der Waals surface area contributed by atoms with Gasteiger partial charge < -0.3 is 19.7 Å². The highest BCUT2D eigenvalue weighted by Gasteiger charge is 2.25. The molecular formula is C28H42N2O3. The van der Waals surface area contributed by atoms with Crippen molar-refractivity contribution in [3.8, 4) is 5.75 Å². The van der Waals surface area contributed by atoms with Crippen LogP contribution in [0.2, 0.25) is 0 Å². The van der Waals surface area contributed by atoms with Gasteiger partial charge in [0.1, 0.15) is 5.75 Å². The highest BCUT2D eigenvalue weighted by Crippen LogP contribution is 2.24. The summed E-state index contributed by atoms with van der Waals surface area (Å²) in [5.74, 6) is 1.46. The number of amides is 1. The molecule has 5 heteroatoms. The maximum absolute atomic E-state index is 13.1. The summed E-state index contributed by atoms with van der Waals surface area (Å²) in [6.07, 6.45) is 2.86. The van der Waals surface area contributed by atoms with Gasteiger partial charge in [0.15, 0.2) is 0 Å². The van der Waals surface area contributed by atoms with E-state index in [0.717, 1.165) is 50.2 Å². The number of hydrogen-bond donors (Lipinski definition) is 1. The molecule has 0 spiro atoms. The van der Waals surface area contributed by atoms with E-state index >= 15 is 0 Å². The third kappa shape index (κ3) is 9.18. The minimum Gasteiger partial charge on any atom is -0.493 e. The van der Waals surface area contributed by atoms with Gasteiger partial charge in [-0.05, 0) is 70.3 Å².